The molecular weight excluding hydrogens is 439 g/mol. The van der Waals surface area contributed by atoms with Crippen LogP contribution in [0.25, 0.3) is 5.70 Å². The molecule has 1 heterocycles. The smallest absolute Gasteiger partial charge is 0.398 e. The highest BCUT2D eigenvalue weighted by molar-refractivity contribution is 7.84. The summed E-state index contributed by atoms with van der Waals surface area (Å²) in [6.07, 6.45) is 2.16. The van der Waals surface area contributed by atoms with Crippen LogP contribution in [0.3, 0.4) is 0 Å². The number of alkyl halides is 3. The van der Waals surface area contributed by atoms with Gasteiger partial charge >= 0.3 is 6.18 Å². The first-order valence-electron chi connectivity index (χ1n) is 10.8. The first-order valence-corrected chi connectivity index (χ1v) is 12.5. The molecule has 2 saturated carbocycles. The number of anilines is 1. The van der Waals surface area contributed by atoms with Crippen LogP contribution in [0.5, 0.6) is 0 Å². The molecule has 6 nitrogen and oxygen atoms in total. The van der Waals surface area contributed by atoms with Crippen molar-refractivity contribution in [1.29, 1.82) is 0 Å². The normalized spacial score (nSPS) is 27.2. The Morgan fingerprint density at radius 2 is 2.00 bits per heavy atom. The first kappa shape index (κ1) is 24.7. The van der Waals surface area contributed by atoms with Gasteiger partial charge < -0.3 is 16.4 Å². The molecule has 0 saturated heterocycles. The van der Waals surface area contributed by atoms with Crippen LogP contribution in [-0.4, -0.2) is 57.5 Å². The molecule has 2 aliphatic rings. The predicted octanol–water partition coefficient (Wildman–Crippen LogP) is 3.17. The number of aliphatic imine (C=N–C) groups is 1. The van der Waals surface area contributed by atoms with E-state index in [1.54, 1.807) is 12.3 Å². The fourth-order valence-electron chi connectivity index (χ4n) is 4.69. The van der Waals surface area contributed by atoms with Crippen molar-refractivity contribution >= 4 is 28.0 Å². The molecule has 3 rings (SSSR count). The lowest BCUT2D eigenvalue weighted by atomic mass is 10.0. The molecule has 10 heteroatoms. The lowest BCUT2D eigenvalue weighted by Crippen LogP contribution is -2.34. The molecule has 0 bridgehead atoms. The van der Waals surface area contributed by atoms with Crippen LogP contribution in [0, 0.1) is 17.8 Å². The summed E-state index contributed by atoms with van der Waals surface area (Å²) in [5.74, 6) is 1.35. The number of rotatable bonds is 8. The minimum atomic E-state index is -4.60. The highest BCUT2D eigenvalue weighted by Gasteiger charge is 2.58. The zero-order valence-electron chi connectivity index (χ0n) is 18.9. The Bertz CT molecular complexity index is 919. The zero-order chi connectivity index (χ0) is 23.8. The zero-order valence-corrected chi connectivity index (χ0v) is 19.7. The van der Waals surface area contributed by atoms with Crippen molar-refractivity contribution in [1.82, 2.24) is 9.88 Å². The van der Waals surface area contributed by atoms with Crippen LogP contribution < -0.4 is 11.5 Å². The molecule has 0 spiro atoms. The quantitative estimate of drug-likeness (QED) is 0.568. The fraction of sp³-hybridized carbons (Fsp3) is 0.636. The van der Waals surface area contributed by atoms with Crippen molar-refractivity contribution in [2.45, 2.75) is 44.9 Å². The molecule has 1 aromatic rings. The average molecular weight is 472 g/mol. The SMILES string of the molecule is CC(C)N=C(C=C(N)c1cnc(N)c(C(F)(F)F)c1)C1[C@H]2CC(N(C)CCS(C)=O)C[C@@H]12. The number of fused-ring (bicyclic) bond motifs is 1. The molecular formula is C22H32F3N5OS. The second-order valence-corrected chi connectivity index (χ2v) is 10.7. The largest absolute Gasteiger partial charge is 0.419 e. The van der Waals surface area contributed by atoms with Crippen molar-refractivity contribution in [3.05, 3.63) is 29.5 Å². The van der Waals surface area contributed by atoms with Gasteiger partial charge in [0.2, 0.25) is 0 Å². The maximum absolute atomic E-state index is 13.2. The van der Waals surface area contributed by atoms with E-state index in [2.05, 4.69) is 16.9 Å². The summed E-state index contributed by atoms with van der Waals surface area (Å²) >= 11 is 0. The molecule has 2 aliphatic carbocycles. The standard InChI is InChI=1S/C22H32F3N5OS/c1-12(2)29-19(10-18(26)13-7-17(22(23,24)25)21(27)28-11-13)20-15-8-14(9-16(15)20)30(3)5-6-32(4)31/h7,10-12,14-16,20H,5-6,8-9,26H2,1-4H3,(H2,27,28)/t14?,15-,16+,20?,32?. The molecule has 2 fully saturated rings. The summed E-state index contributed by atoms with van der Waals surface area (Å²) in [6, 6.07) is 1.45. The Labute approximate surface area is 189 Å². The van der Waals surface area contributed by atoms with E-state index in [1.165, 1.54) is 6.20 Å². The van der Waals surface area contributed by atoms with E-state index in [0.29, 0.717) is 23.6 Å². The lowest BCUT2D eigenvalue weighted by molar-refractivity contribution is -0.137. The summed E-state index contributed by atoms with van der Waals surface area (Å²) in [4.78, 5) is 10.7. The number of nitrogens with two attached hydrogens (primary N) is 2. The summed E-state index contributed by atoms with van der Waals surface area (Å²) in [5.41, 5.74) is 11.8. The average Bonchev–Trinajstić information content (AvgIpc) is 3.17. The van der Waals surface area contributed by atoms with Crippen LogP contribution in [0.15, 0.2) is 23.3 Å². The molecule has 1 aromatic heterocycles. The van der Waals surface area contributed by atoms with Gasteiger partial charge in [-0.2, -0.15) is 13.2 Å². The van der Waals surface area contributed by atoms with Gasteiger partial charge in [-0.05, 0) is 57.7 Å². The highest BCUT2D eigenvalue weighted by atomic mass is 32.2. The van der Waals surface area contributed by atoms with Crippen LogP contribution in [0.1, 0.15) is 37.8 Å². The van der Waals surface area contributed by atoms with Gasteiger partial charge in [0, 0.05) is 70.5 Å². The Balaban J connectivity index is 1.75. The van der Waals surface area contributed by atoms with Gasteiger partial charge in [-0.15, -0.1) is 0 Å². The third-order valence-corrected chi connectivity index (χ3v) is 7.14. The highest BCUT2D eigenvalue weighted by Crippen LogP contribution is 2.59. The molecule has 0 amide bonds. The molecule has 32 heavy (non-hydrogen) atoms. The number of aromatic nitrogens is 1. The second kappa shape index (κ2) is 9.51. The Morgan fingerprint density at radius 1 is 1.38 bits per heavy atom. The van der Waals surface area contributed by atoms with Gasteiger partial charge in [0.05, 0.1) is 5.56 Å². The third-order valence-electron chi connectivity index (χ3n) is 6.38. The number of pyridine rings is 1. The number of hydrogen-bond acceptors (Lipinski definition) is 6. The van der Waals surface area contributed by atoms with Gasteiger partial charge in [0.15, 0.2) is 0 Å². The lowest BCUT2D eigenvalue weighted by Gasteiger charge is -2.26. The summed E-state index contributed by atoms with van der Waals surface area (Å²) in [7, 11) is 1.27. The van der Waals surface area contributed by atoms with E-state index >= 15 is 0 Å². The van der Waals surface area contributed by atoms with Crippen LogP contribution >= 0.6 is 0 Å². The first-order chi connectivity index (χ1) is 14.9. The van der Waals surface area contributed by atoms with Crippen molar-refractivity contribution in [3.8, 4) is 0 Å². The summed E-state index contributed by atoms with van der Waals surface area (Å²) in [5, 5.41) is 0. The van der Waals surface area contributed by atoms with E-state index in [-0.39, 0.29) is 23.2 Å². The number of hydrogen-bond donors (Lipinski definition) is 2. The third kappa shape index (κ3) is 5.70. The van der Waals surface area contributed by atoms with Crippen molar-refractivity contribution in [3.63, 3.8) is 0 Å². The fourth-order valence-corrected chi connectivity index (χ4v) is 5.23. The summed E-state index contributed by atoms with van der Waals surface area (Å²) < 4.78 is 51.0. The Morgan fingerprint density at radius 3 is 2.53 bits per heavy atom. The van der Waals surface area contributed by atoms with E-state index < -0.39 is 28.4 Å². The number of allylic oxidation sites excluding steroid dienone is 1. The number of nitrogen functional groups attached to an aromatic ring is 1. The van der Waals surface area contributed by atoms with E-state index in [0.717, 1.165) is 31.2 Å². The van der Waals surface area contributed by atoms with Crippen LogP contribution in [-0.2, 0) is 17.0 Å². The van der Waals surface area contributed by atoms with E-state index in [4.69, 9.17) is 16.5 Å². The van der Waals surface area contributed by atoms with Crippen LogP contribution in [0.2, 0.25) is 0 Å². The van der Waals surface area contributed by atoms with Gasteiger partial charge in [-0.3, -0.25) is 9.20 Å². The maximum atomic E-state index is 13.2. The molecule has 178 valence electrons. The molecule has 0 radical (unpaired) electrons. The number of halogens is 3. The molecule has 3 unspecified atom stereocenters. The molecule has 4 N–H and O–H groups in total. The Hall–Kier alpha value is -1.94. The van der Waals surface area contributed by atoms with Crippen molar-refractivity contribution in [2.75, 3.05) is 31.3 Å². The maximum Gasteiger partial charge on any atom is 0.419 e. The second-order valence-electron chi connectivity index (χ2n) is 9.14. The Kier molecular flexibility index (Phi) is 7.34. The van der Waals surface area contributed by atoms with Crippen molar-refractivity contribution in [2.24, 2.45) is 28.5 Å². The van der Waals surface area contributed by atoms with Crippen molar-refractivity contribution < 1.29 is 17.4 Å². The molecule has 0 aliphatic heterocycles. The van der Waals surface area contributed by atoms with Gasteiger partial charge in [0.25, 0.3) is 0 Å². The van der Waals surface area contributed by atoms with Gasteiger partial charge in [0.1, 0.15) is 5.82 Å². The monoisotopic (exact) mass is 471 g/mol. The molecule has 5 atom stereocenters. The number of nitrogens with zero attached hydrogens (tertiary/aromatic N) is 3. The topological polar surface area (TPSA) is 97.6 Å². The predicted molar refractivity (Wildman–Crippen MR) is 123 cm³/mol. The van der Waals surface area contributed by atoms with E-state index in [9.17, 15) is 17.4 Å². The van der Waals surface area contributed by atoms with Gasteiger partial charge in [-0.1, -0.05) is 0 Å². The summed E-state index contributed by atoms with van der Waals surface area (Å²) in [6.45, 7) is 4.75. The van der Waals surface area contributed by atoms with Gasteiger partial charge in [-0.25, -0.2) is 4.98 Å². The molecule has 0 aromatic carbocycles. The minimum Gasteiger partial charge on any atom is -0.398 e. The van der Waals surface area contributed by atoms with Crippen LogP contribution in [0.4, 0.5) is 19.0 Å². The van der Waals surface area contributed by atoms with E-state index in [1.807, 2.05) is 13.8 Å². The minimum absolute atomic E-state index is 0.0451.